The topological polar surface area (TPSA) is 101 Å². The second-order valence-corrected chi connectivity index (χ2v) is 5.40. The van der Waals surface area contributed by atoms with E-state index in [1.807, 2.05) is 6.07 Å². The predicted octanol–water partition coefficient (Wildman–Crippen LogP) is 0.0825. The summed E-state index contributed by atoms with van der Waals surface area (Å²) in [5, 5.41) is 2.90. The Morgan fingerprint density at radius 1 is 1.40 bits per heavy atom. The number of fused-ring (bicyclic) bond motifs is 1. The van der Waals surface area contributed by atoms with Gasteiger partial charge in [0.1, 0.15) is 0 Å². The van der Waals surface area contributed by atoms with Gasteiger partial charge in [-0.25, -0.2) is 0 Å². The van der Waals surface area contributed by atoms with Gasteiger partial charge in [-0.1, -0.05) is 0 Å². The number of hydrogen-bond donors (Lipinski definition) is 3. The van der Waals surface area contributed by atoms with Crippen molar-refractivity contribution in [3.05, 3.63) is 23.8 Å². The van der Waals surface area contributed by atoms with Gasteiger partial charge >= 0.3 is 0 Å². The molecule has 2 unspecified atom stereocenters. The van der Waals surface area contributed by atoms with E-state index in [4.69, 9.17) is 11.5 Å². The van der Waals surface area contributed by atoms with Crippen molar-refractivity contribution in [2.24, 2.45) is 11.7 Å². The van der Waals surface area contributed by atoms with E-state index in [0.717, 1.165) is 25.1 Å². The molecule has 2 aliphatic heterocycles. The molecule has 0 radical (unpaired) electrons. The lowest BCUT2D eigenvalue weighted by molar-refractivity contribution is -0.122. The quantitative estimate of drug-likeness (QED) is 0.665. The van der Waals surface area contributed by atoms with Crippen LogP contribution >= 0.6 is 0 Å². The number of piperidine rings is 1. The van der Waals surface area contributed by atoms with Gasteiger partial charge < -0.3 is 21.7 Å². The van der Waals surface area contributed by atoms with Gasteiger partial charge in [-0.05, 0) is 31.0 Å². The number of rotatable bonds is 2. The number of anilines is 2. The summed E-state index contributed by atoms with van der Waals surface area (Å²) >= 11 is 0. The fraction of sp³-hybridized carbons (Fsp3) is 0.429. The molecule has 2 atom stereocenters. The Morgan fingerprint density at radius 2 is 2.20 bits per heavy atom. The van der Waals surface area contributed by atoms with Gasteiger partial charge in [-0.3, -0.25) is 9.59 Å². The number of benzene rings is 1. The summed E-state index contributed by atoms with van der Waals surface area (Å²) in [7, 11) is 0. The summed E-state index contributed by atoms with van der Waals surface area (Å²) < 4.78 is 0. The van der Waals surface area contributed by atoms with Crippen molar-refractivity contribution in [1.29, 1.82) is 0 Å². The molecule has 0 bridgehead atoms. The highest BCUT2D eigenvalue weighted by atomic mass is 16.2. The largest absolute Gasteiger partial charge is 0.399 e. The normalized spacial score (nSPS) is 25.2. The Bertz CT molecular complexity index is 572. The molecule has 2 fully saturated rings. The van der Waals surface area contributed by atoms with E-state index in [9.17, 15) is 9.59 Å². The minimum Gasteiger partial charge on any atom is -0.399 e. The first-order valence-corrected chi connectivity index (χ1v) is 6.81. The number of hydrogen-bond acceptors (Lipinski definition) is 4. The first-order valence-electron chi connectivity index (χ1n) is 6.81. The predicted molar refractivity (Wildman–Crippen MR) is 76.2 cm³/mol. The fourth-order valence-corrected chi connectivity index (χ4v) is 3.25. The second kappa shape index (κ2) is 4.70. The number of carbonyl (C=O) groups is 2. The number of nitrogens with two attached hydrogens (primary N) is 2. The Kier molecular flexibility index (Phi) is 3.00. The molecule has 0 aliphatic carbocycles. The van der Waals surface area contributed by atoms with Crippen LogP contribution in [0.5, 0.6) is 0 Å². The SMILES string of the molecule is NC(=O)c1cc(N)ccc1N1CCCC2C(=O)NCC21. The van der Waals surface area contributed by atoms with Crippen LogP contribution in [0.3, 0.4) is 0 Å². The van der Waals surface area contributed by atoms with E-state index in [1.165, 1.54) is 0 Å². The summed E-state index contributed by atoms with van der Waals surface area (Å²) in [5.74, 6) is -0.385. The van der Waals surface area contributed by atoms with Crippen molar-refractivity contribution in [2.75, 3.05) is 23.7 Å². The van der Waals surface area contributed by atoms with Crippen molar-refractivity contribution in [3.8, 4) is 0 Å². The molecule has 106 valence electrons. The van der Waals surface area contributed by atoms with Crippen molar-refractivity contribution in [2.45, 2.75) is 18.9 Å². The Morgan fingerprint density at radius 3 is 2.95 bits per heavy atom. The zero-order valence-electron chi connectivity index (χ0n) is 11.1. The molecule has 2 amide bonds. The smallest absolute Gasteiger partial charge is 0.250 e. The summed E-state index contributed by atoms with van der Waals surface area (Å²) in [6, 6.07) is 5.28. The van der Waals surface area contributed by atoms with Gasteiger partial charge in [-0.2, -0.15) is 0 Å². The molecule has 0 saturated carbocycles. The molecule has 2 saturated heterocycles. The van der Waals surface area contributed by atoms with Crippen LogP contribution in [0, 0.1) is 5.92 Å². The third kappa shape index (κ3) is 1.97. The summed E-state index contributed by atoms with van der Waals surface area (Å²) in [5.41, 5.74) is 12.9. The van der Waals surface area contributed by atoms with Gasteiger partial charge in [-0.15, -0.1) is 0 Å². The van der Waals surface area contributed by atoms with E-state index in [-0.39, 0.29) is 17.9 Å². The van der Waals surface area contributed by atoms with E-state index in [0.29, 0.717) is 17.8 Å². The Labute approximate surface area is 117 Å². The average molecular weight is 274 g/mol. The van der Waals surface area contributed by atoms with Crippen LogP contribution in [-0.4, -0.2) is 30.9 Å². The van der Waals surface area contributed by atoms with Crippen LogP contribution in [-0.2, 0) is 4.79 Å². The van der Waals surface area contributed by atoms with Gasteiger partial charge in [0.15, 0.2) is 0 Å². The minimum atomic E-state index is -0.494. The zero-order valence-corrected chi connectivity index (χ0v) is 11.1. The van der Waals surface area contributed by atoms with Crippen molar-refractivity contribution < 1.29 is 9.59 Å². The van der Waals surface area contributed by atoms with Crippen molar-refractivity contribution in [1.82, 2.24) is 5.32 Å². The second-order valence-electron chi connectivity index (χ2n) is 5.40. The molecule has 2 aliphatic rings. The highest BCUT2D eigenvalue weighted by Gasteiger charge is 2.41. The average Bonchev–Trinajstić information content (AvgIpc) is 2.81. The molecule has 5 N–H and O–H groups in total. The lowest BCUT2D eigenvalue weighted by Gasteiger charge is -2.38. The molecule has 1 aromatic carbocycles. The molecule has 6 nitrogen and oxygen atoms in total. The molecule has 6 heteroatoms. The van der Waals surface area contributed by atoms with Gasteiger partial charge in [0.05, 0.1) is 17.5 Å². The van der Waals surface area contributed by atoms with Crippen LogP contribution in [0.1, 0.15) is 23.2 Å². The lowest BCUT2D eigenvalue weighted by atomic mass is 9.90. The van der Waals surface area contributed by atoms with Gasteiger partial charge in [0.2, 0.25) is 5.91 Å². The Hall–Kier alpha value is -2.24. The number of primary amides is 1. The lowest BCUT2D eigenvalue weighted by Crippen LogP contribution is -2.46. The van der Waals surface area contributed by atoms with Crippen LogP contribution in [0.25, 0.3) is 0 Å². The van der Waals surface area contributed by atoms with Crippen LogP contribution in [0.4, 0.5) is 11.4 Å². The number of nitrogens with zero attached hydrogens (tertiary/aromatic N) is 1. The number of amides is 2. The van der Waals surface area contributed by atoms with E-state index >= 15 is 0 Å². The van der Waals surface area contributed by atoms with E-state index in [2.05, 4.69) is 10.2 Å². The van der Waals surface area contributed by atoms with Gasteiger partial charge in [0.25, 0.3) is 5.91 Å². The first-order chi connectivity index (χ1) is 9.58. The van der Waals surface area contributed by atoms with Gasteiger partial charge in [0, 0.05) is 24.5 Å². The molecule has 0 aromatic heterocycles. The Balaban J connectivity index is 2.00. The monoisotopic (exact) mass is 274 g/mol. The van der Waals surface area contributed by atoms with Crippen LogP contribution < -0.4 is 21.7 Å². The standard InChI is InChI=1S/C14H18N4O2/c15-8-3-4-11(10(6-8)13(16)19)18-5-1-2-9-12(18)7-17-14(9)20/h3-4,6,9,12H,1-2,5,7,15H2,(H2,16,19)(H,17,20). The highest BCUT2D eigenvalue weighted by molar-refractivity contribution is 6.00. The summed E-state index contributed by atoms with van der Waals surface area (Å²) in [4.78, 5) is 25.6. The number of carbonyl (C=O) groups excluding carboxylic acids is 2. The maximum atomic E-state index is 11.8. The molecule has 1 aromatic rings. The fourth-order valence-electron chi connectivity index (χ4n) is 3.25. The summed E-state index contributed by atoms with van der Waals surface area (Å²) in [6.07, 6.45) is 1.82. The molecule has 3 rings (SSSR count). The van der Waals surface area contributed by atoms with Crippen LogP contribution in [0.2, 0.25) is 0 Å². The maximum Gasteiger partial charge on any atom is 0.250 e. The molecular formula is C14H18N4O2. The maximum absolute atomic E-state index is 11.8. The molecule has 2 heterocycles. The highest BCUT2D eigenvalue weighted by Crippen LogP contribution is 2.34. The van der Waals surface area contributed by atoms with Crippen molar-refractivity contribution >= 4 is 23.2 Å². The molecule has 20 heavy (non-hydrogen) atoms. The first kappa shape index (κ1) is 12.8. The van der Waals surface area contributed by atoms with E-state index < -0.39 is 5.91 Å². The van der Waals surface area contributed by atoms with Crippen LogP contribution in [0.15, 0.2) is 18.2 Å². The summed E-state index contributed by atoms with van der Waals surface area (Å²) in [6.45, 7) is 1.44. The molecule has 0 spiro atoms. The zero-order chi connectivity index (χ0) is 14.3. The van der Waals surface area contributed by atoms with E-state index in [1.54, 1.807) is 12.1 Å². The van der Waals surface area contributed by atoms with Crippen molar-refractivity contribution in [3.63, 3.8) is 0 Å². The minimum absolute atomic E-state index is 0.00188. The number of nitrogens with one attached hydrogen (secondary N) is 1. The molecular weight excluding hydrogens is 256 g/mol. The number of nitrogen functional groups attached to an aromatic ring is 1. The third-order valence-electron chi connectivity index (χ3n) is 4.20. The third-order valence-corrected chi connectivity index (χ3v) is 4.20.